The topological polar surface area (TPSA) is 79.6 Å². The molecule has 0 unspecified atom stereocenters. The van der Waals surface area contributed by atoms with Crippen molar-refractivity contribution < 1.29 is 19.5 Å². The molecule has 3 rings (SSSR count). The normalized spacial score (nSPS) is 16.3. The fourth-order valence-corrected chi connectivity index (χ4v) is 3.42. The minimum absolute atomic E-state index is 0.225. The molecule has 0 saturated carbocycles. The Morgan fingerprint density at radius 1 is 1.29 bits per heavy atom. The highest BCUT2D eigenvalue weighted by molar-refractivity contribution is 8.18. The lowest BCUT2D eigenvalue weighted by Gasteiger charge is -2.07. The van der Waals surface area contributed by atoms with E-state index in [4.69, 9.17) is 5.11 Å². The molecule has 24 heavy (non-hydrogen) atoms. The Balaban J connectivity index is 2.01. The van der Waals surface area contributed by atoms with Crippen LogP contribution in [0.1, 0.15) is 5.56 Å². The van der Waals surface area contributed by atoms with Crippen molar-refractivity contribution in [2.45, 2.75) is 6.54 Å². The summed E-state index contributed by atoms with van der Waals surface area (Å²) in [6.45, 7) is 3.73. The summed E-state index contributed by atoms with van der Waals surface area (Å²) in [5.74, 6) is -1.80. The van der Waals surface area contributed by atoms with Crippen LogP contribution in [-0.2, 0) is 16.1 Å². The predicted molar refractivity (Wildman–Crippen MR) is 92.4 cm³/mol. The fourth-order valence-electron chi connectivity index (χ4n) is 2.59. The van der Waals surface area contributed by atoms with Crippen LogP contribution in [0.3, 0.4) is 0 Å². The van der Waals surface area contributed by atoms with E-state index >= 15 is 0 Å². The summed E-state index contributed by atoms with van der Waals surface area (Å²) in [6, 6.07) is 7.72. The van der Waals surface area contributed by atoms with Crippen molar-refractivity contribution in [2.24, 2.45) is 0 Å². The van der Waals surface area contributed by atoms with Gasteiger partial charge in [0, 0.05) is 29.2 Å². The van der Waals surface area contributed by atoms with Gasteiger partial charge in [-0.25, -0.2) is 0 Å². The molecule has 1 aromatic carbocycles. The number of carboxylic acid groups (broad SMARTS) is 1. The molecular weight excluding hydrogens is 328 g/mol. The first-order chi connectivity index (χ1) is 11.5. The molecule has 1 aliphatic heterocycles. The number of thioether (sulfide) groups is 1. The second-order valence-corrected chi connectivity index (χ2v) is 6.20. The smallest absolute Gasteiger partial charge is 0.323 e. The van der Waals surface area contributed by atoms with Gasteiger partial charge < -0.3 is 9.67 Å². The molecule has 2 aromatic rings. The number of rotatable bonds is 5. The summed E-state index contributed by atoms with van der Waals surface area (Å²) in [6.07, 6.45) is 5.29. The van der Waals surface area contributed by atoms with Crippen LogP contribution in [0.15, 0.2) is 48.0 Å². The maximum atomic E-state index is 12.3. The number of carboxylic acids is 1. The van der Waals surface area contributed by atoms with Crippen molar-refractivity contribution in [3.63, 3.8) is 0 Å². The number of para-hydroxylation sites is 1. The molecule has 1 aliphatic rings. The number of fused-ring (bicyclic) bond motifs is 1. The van der Waals surface area contributed by atoms with Gasteiger partial charge in [-0.2, -0.15) is 0 Å². The van der Waals surface area contributed by atoms with E-state index < -0.39 is 23.7 Å². The van der Waals surface area contributed by atoms with Gasteiger partial charge in [-0.05, 0) is 23.9 Å². The van der Waals surface area contributed by atoms with Crippen molar-refractivity contribution in [1.82, 2.24) is 9.47 Å². The number of benzene rings is 1. The molecule has 1 N–H and O–H groups in total. The third-order valence-corrected chi connectivity index (χ3v) is 4.51. The van der Waals surface area contributed by atoms with Crippen molar-refractivity contribution in [3.05, 3.63) is 53.6 Å². The first-order valence-electron chi connectivity index (χ1n) is 7.17. The SMILES string of the molecule is C=CCn1cc(/C=C2/SC(=O)N(CC(=O)O)C2=O)c2ccccc21. The van der Waals surface area contributed by atoms with Gasteiger partial charge in [0.25, 0.3) is 11.1 Å². The molecule has 2 amide bonds. The fraction of sp³-hybridized carbons (Fsp3) is 0.118. The average Bonchev–Trinajstić information content (AvgIpc) is 3.01. The van der Waals surface area contributed by atoms with Crippen LogP contribution in [-0.4, -0.2) is 38.2 Å². The van der Waals surface area contributed by atoms with E-state index in [0.29, 0.717) is 6.54 Å². The third kappa shape index (κ3) is 2.85. The van der Waals surface area contributed by atoms with E-state index in [9.17, 15) is 14.4 Å². The lowest BCUT2D eigenvalue weighted by atomic mass is 10.1. The Kier molecular flexibility index (Phi) is 4.26. The minimum Gasteiger partial charge on any atom is -0.480 e. The van der Waals surface area contributed by atoms with E-state index in [1.165, 1.54) is 0 Å². The molecule has 1 aromatic heterocycles. The largest absolute Gasteiger partial charge is 0.480 e. The van der Waals surface area contributed by atoms with Crippen LogP contribution in [0, 0.1) is 0 Å². The molecule has 6 nitrogen and oxygen atoms in total. The van der Waals surface area contributed by atoms with E-state index in [1.54, 1.807) is 12.2 Å². The molecule has 2 heterocycles. The molecule has 1 fully saturated rings. The maximum Gasteiger partial charge on any atom is 0.323 e. The summed E-state index contributed by atoms with van der Waals surface area (Å²) in [4.78, 5) is 35.8. The van der Waals surface area contributed by atoms with Gasteiger partial charge in [-0.1, -0.05) is 24.3 Å². The van der Waals surface area contributed by atoms with E-state index in [2.05, 4.69) is 6.58 Å². The predicted octanol–water partition coefficient (Wildman–Crippen LogP) is 2.95. The second-order valence-electron chi connectivity index (χ2n) is 5.20. The number of allylic oxidation sites excluding steroid dienone is 1. The number of hydrogen-bond acceptors (Lipinski definition) is 4. The lowest BCUT2D eigenvalue weighted by molar-refractivity contribution is -0.140. The van der Waals surface area contributed by atoms with Crippen molar-refractivity contribution in [1.29, 1.82) is 0 Å². The average molecular weight is 342 g/mol. The highest BCUT2D eigenvalue weighted by Crippen LogP contribution is 2.33. The van der Waals surface area contributed by atoms with Crippen LogP contribution in [0.5, 0.6) is 0 Å². The summed E-state index contributed by atoms with van der Waals surface area (Å²) in [5, 5.41) is 9.18. The summed E-state index contributed by atoms with van der Waals surface area (Å²) in [5.41, 5.74) is 1.79. The second kappa shape index (κ2) is 6.37. The number of amides is 2. The van der Waals surface area contributed by atoms with Gasteiger partial charge in [-0.15, -0.1) is 6.58 Å². The molecule has 0 atom stereocenters. The van der Waals surface area contributed by atoms with Crippen LogP contribution in [0.4, 0.5) is 4.79 Å². The van der Waals surface area contributed by atoms with E-state index in [0.717, 1.165) is 33.1 Å². The van der Waals surface area contributed by atoms with Gasteiger partial charge in [-0.3, -0.25) is 19.3 Å². The highest BCUT2D eigenvalue weighted by atomic mass is 32.2. The van der Waals surface area contributed by atoms with Crippen molar-refractivity contribution in [3.8, 4) is 0 Å². The minimum atomic E-state index is -1.22. The van der Waals surface area contributed by atoms with Crippen LogP contribution >= 0.6 is 11.8 Å². The summed E-state index contributed by atoms with van der Waals surface area (Å²) >= 11 is 0.756. The summed E-state index contributed by atoms with van der Waals surface area (Å²) in [7, 11) is 0. The van der Waals surface area contributed by atoms with Crippen molar-refractivity contribution in [2.75, 3.05) is 6.54 Å². The first kappa shape index (κ1) is 16.1. The van der Waals surface area contributed by atoms with Crippen LogP contribution < -0.4 is 0 Å². The van der Waals surface area contributed by atoms with Gasteiger partial charge in [0.1, 0.15) is 6.54 Å². The van der Waals surface area contributed by atoms with Gasteiger partial charge >= 0.3 is 5.97 Å². The Bertz CT molecular complexity index is 897. The first-order valence-corrected chi connectivity index (χ1v) is 7.99. The Labute approximate surface area is 142 Å². The molecule has 122 valence electrons. The molecule has 0 bridgehead atoms. The lowest BCUT2D eigenvalue weighted by Crippen LogP contribution is -2.33. The Hall–Kier alpha value is -2.80. The van der Waals surface area contributed by atoms with Crippen molar-refractivity contribution >= 4 is 45.9 Å². The van der Waals surface area contributed by atoms with Crippen LogP contribution in [0.25, 0.3) is 17.0 Å². The molecular formula is C17H14N2O4S. The standard InChI is InChI=1S/C17H14N2O4S/c1-2-7-18-9-11(12-5-3-4-6-13(12)18)8-14-16(22)19(10-15(20)21)17(23)24-14/h2-6,8-9H,1,7,10H2,(H,20,21)/b14-8+. The van der Waals surface area contributed by atoms with E-state index in [-0.39, 0.29) is 4.91 Å². The van der Waals surface area contributed by atoms with Gasteiger partial charge in [0.05, 0.1) is 4.91 Å². The van der Waals surface area contributed by atoms with Gasteiger partial charge in [0.2, 0.25) is 0 Å². The van der Waals surface area contributed by atoms with Crippen LogP contribution in [0.2, 0.25) is 0 Å². The number of aliphatic carboxylic acids is 1. The quantitative estimate of drug-likeness (QED) is 0.667. The third-order valence-electron chi connectivity index (χ3n) is 3.60. The zero-order valence-electron chi connectivity index (χ0n) is 12.6. The zero-order chi connectivity index (χ0) is 17.3. The number of hydrogen-bond donors (Lipinski definition) is 1. The maximum absolute atomic E-state index is 12.3. The number of aromatic nitrogens is 1. The summed E-state index contributed by atoms with van der Waals surface area (Å²) < 4.78 is 2.00. The number of carbonyl (C=O) groups excluding carboxylic acids is 2. The Morgan fingerprint density at radius 2 is 2.04 bits per heavy atom. The molecule has 0 spiro atoms. The molecule has 1 saturated heterocycles. The highest BCUT2D eigenvalue weighted by Gasteiger charge is 2.36. The molecule has 7 heteroatoms. The molecule has 0 radical (unpaired) electrons. The van der Waals surface area contributed by atoms with E-state index in [1.807, 2.05) is 35.0 Å². The Morgan fingerprint density at radius 3 is 2.75 bits per heavy atom. The number of imide groups is 1. The number of carbonyl (C=O) groups is 3. The van der Waals surface area contributed by atoms with Gasteiger partial charge in [0.15, 0.2) is 0 Å². The number of nitrogens with zero attached hydrogens (tertiary/aromatic N) is 2. The monoisotopic (exact) mass is 342 g/mol. The zero-order valence-corrected chi connectivity index (χ0v) is 13.5. The molecule has 0 aliphatic carbocycles.